The minimum atomic E-state index is -0.980. The molecule has 0 bridgehead atoms. The van der Waals surface area contributed by atoms with Crippen LogP contribution >= 0.6 is 0 Å². The summed E-state index contributed by atoms with van der Waals surface area (Å²) in [5, 5.41) is 2.75. The topological polar surface area (TPSA) is 108 Å². The number of hydrogen-bond acceptors (Lipinski definition) is 6. The number of para-hydroxylation sites is 1. The summed E-state index contributed by atoms with van der Waals surface area (Å²) in [5.74, 6) is -2.38. The van der Waals surface area contributed by atoms with Crippen molar-refractivity contribution in [3.05, 3.63) is 65.2 Å². The molecule has 1 unspecified atom stereocenters. The number of urea groups is 1. The maximum Gasteiger partial charge on any atom is 0.418 e. The van der Waals surface area contributed by atoms with E-state index in [1.54, 1.807) is 12.1 Å². The lowest BCUT2D eigenvalue weighted by Crippen LogP contribution is -2.48. The molecule has 11 heteroatoms. The van der Waals surface area contributed by atoms with Crippen LogP contribution < -0.4 is 16.0 Å². The molecule has 0 spiro atoms. The summed E-state index contributed by atoms with van der Waals surface area (Å²) >= 11 is 0. The van der Waals surface area contributed by atoms with Crippen LogP contribution in [-0.4, -0.2) is 79.7 Å². The Kier molecular flexibility index (Phi) is 7.99. The second-order valence-electron chi connectivity index (χ2n) is 8.85. The van der Waals surface area contributed by atoms with Crippen molar-refractivity contribution in [2.75, 3.05) is 50.8 Å². The third-order valence-electron chi connectivity index (χ3n) is 6.45. The number of nitrogens with two attached hydrogens (primary N) is 1. The Morgan fingerprint density at radius 3 is 2.53 bits per heavy atom. The number of nitrogens with one attached hydrogen (secondary N) is 1. The van der Waals surface area contributed by atoms with Crippen molar-refractivity contribution in [2.24, 2.45) is 5.73 Å². The first-order valence-corrected chi connectivity index (χ1v) is 11.9. The monoisotopic (exact) mass is 501 g/mol. The van der Waals surface area contributed by atoms with Gasteiger partial charge in [0, 0.05) is 38.4 Å². The van der Waals surface area contributed by atoms with E-state index in [-0.39, 0.29) is 13.0 Å². The number of carbonyl (C=O) groups excluding carboxylic acids is 3. The smallest absolute Gasteiger partial charge is 0.418 e. The van der Waals surface area contributed by atoms with Crippen molar-refractivity contribution >= 4 is 23.7 Å². The van der Waals surface area contributed by atoms with E-state index in [4.69, 9.17) is 10.5 Å². The zero-order valence-corrected chi connectivity index (χ0v) is 19.8. The summed E-state index contributed by atoms with van der Waals surface area (Å²) in [4.78, 5) is 41.8. The number of anilines is 1. The number of rotatable bonds is 8. The molecule has 2 aromatic carbocycles. The molecule has 3 N–H and O–H groups in total. The van der Waals surface area contributed by atoms with Gasteiger partial charge in [0.1, 0.15) is 6.61 Å². The SMILES string of the molecule is NC(=O)c1ccccc1N1CCN(CCCNC(=O)N2C(=O)OCC2Cc2ccc(F)c(F)c2)CC1. The molecular formula is C25H29F2N5O4. The molecule has 36 heavy (non-hydrogen) atoms. The van der Waals surface area contributed by atoms with E-state index in [0.29, 0.717) is 24.1 Å². The number of piperazine rings is 1. The molecule has 2 heterocycles. The van der Waals surface area contributed by atoms with Gasteiger partial charge in [-0.05, 0) is 49.2 Å². The van der Waals surface area contributed by atoms with Gasteiger partial charge in [-0.25, -0.2) is 23.3 Å². The number of halogens is 2. The lowest BCUT2D eigenvalue weighted by Gasteiger charge is -2.36. The Hall–Kier alpha value is -3.73. The molecule has 2 aromatic rings. The van der Waals surface area contributed by atoms with E-state index < -0.39 is 35.7 Å². The Labute approximate surface area is 207 Å². The average Bonchev–Trinajstić information content (AvgIpc) is 3.24. The normalized spacial score (nSPS) is 18.3. The number of ether oxygens (including phenoxy) is 1. The van der Waals surface area contributed by atoms with Crippen LogP contribution in [0.25, 0.3) is 0 Å². The number of carbonyl (C=O) groups is 3. The number of benzene rings is 2. The molecule has 192 valence electrons. The fourth-order valence-electron chi connectivity index (χ4n) is 4.55. The van der Waals surface area contributed by atoms with Gasteiger partial charge in [-0.3, -0.25) is 9.69 Å². The van der Waals surface area contributed by atoms with E-state index in [1.165, 1.54) is 6.07 Å². The summed E-state index contributed by atoms with van der Waals surface area (Å²) in [7, 11) is 0. The van der Waals surface area contributed by atoms with Gasteiger partial charge in [-0.15, -0.1) is 0 Å². The highest BCUT2D eigenvalue weighted by Gasteiger charge is 2.38. The van der Waals surface area contributed by atoms with Crippen molar-refractivity contribution in [2.45, 2.75) is 18.9 Å². The van der Waals surface area contributed by atoms with Crippen LogP contribution in [0.1, 0.15) is 22.3 Å². The molecule has 0 radical (unpaired) electrons. The van der Waals surface area contributed by atoms with Crippen molar-refractivity contribution in [3.8, 4) is 0 Å². The zero-order valence-electron chi connectivity index (χ0n) is 19.8. The molecule has 9 nitrogen and oxygen atoms in total. The highest BCUT2D eigenvalue weighted by Crippen LogP contribution is 2.22. The predicted molar refractivity (Wildman–Crippen MR) is 129 cm³/mol. The third-order valence-corrected chi connectivity index (χ3v) is 6.45. The van der Waals surface area contributed by atoms with Gasteiger partial charge in [-0.1, -0.05) is 18.2 Å². The molecule has 0 aromatic heterocycles. The van der Waals surface area contributed by atoms with E-state index >= 15 is 0 Å². The van der Waals surface area contributed by atoms with Gasteiger partial charge in [0.15, 0.2) is 11.6 Å². The summed E-state index contributed by atoms with van der Waals surface area (Å²) in [6.45, 7) is 4.23. The Balaban J connectivity index is 1.21. The second-order valence-corrected chi connectivity index (χ2v) is 8.85. The average molecular weight is 502 g/mol. The summed E-state index contributed by atoms with van der Waals surface area (Å²) in [6, 6.07) is 9.63. The Morgan fingerprint density at radius 1 is 1.06 bits per heavy atom. The standard InChI is InChI=1S/C25H29F2N5O4/c26-20-7-6-17(15-21(20)27)14-18-16-36-25(35)32(18)24(34)29-8-3-9-30-10-12-31(13-11-30)22-5-2-1-4-19(22)23(28)33/h1-2,4-7,15,18H,3,8-14,16H2,(H2,28,33)(H,29,34). The van der Waals surface area contributed by atoms with E-state index in [0.717, 1.165) is 55.4 Å². The van der Waals surface area contributed by atoms with E-state index in [1.807, 2.05) is 12.1 Å². The van der Waals surface area contributed by atoms with Crippen molar-refractivity contribution < 1.29 is 27.9 Å². The molecule has 2 saturated heterocycles. The summed E-state index contributed by atoms with van der Waals surface area (Å²) in [5.41, 5.74) is 7.31. The quantitative estimate of drug-likeness (QED) is 0.538. The Bertz CT molecular complexity index is 1120. The lowest BCUT2D eigenvalue weighted by atomic mass is 10.1. The number of primary amides is 1. The number of hydrogen-bond donors (Lipinski definition) is 2. The minimum Gasteiger partial charge on any atom is -0.447 e. The van der Waals surface area contributed by atoms with Crippen LogP contribution in [0.5, 0.6) is 0 Å². The van der Waals surface area contributed by atoms with Gasteiger partial charge in [-0.2, -0.15) is 0 Å². The molecule has 1 atom stereocenters. The molecular weight excluding hydrogens is 472 g/mol. The number of imide groups is 1. The minimum absolute atomic E-state index is 0.00555. The maximum absolute atomic E-state index is 13.5. The summed E-state index contributed by atoms with van der Waals surface area (Å²) in [6.07, 6.45) is 0.0901. The van der Waals surface area contributed by atoms with Crippen LogP contribution in [0.4, 0.5) is 24.1 Å². The van der Waals surface area contributed by atoms with Crippen LogP contribution in [0.3, 0.4) is 0 Å². The first-order valence-electron chi connectivity index (χ1n) is 11.9. The molecule has 2 aliphatic rings. The van der Waals surface area contributed by atoms with Crippen LogP contribution in [0.2, 0.25) is 0 Å². The van der Waals surface area contributed by atoms with Gasteiger partial charge in [0.2, 0.25) is 0 Å². The molecule has 4 rings (SSSR count). The van der Waals surface area contributed by atoms with Crippen LogP contribution in [0, 0.1) is 11.6 Å². The number of amides is 4. The van der Waals surface area contributed by atoms with Crippen molar-refractivity contribution in [3.63, 3.8) is 0 Å². The fourth-order valence-corrected chi connectivity index (χ4v) is 4.55. The highest BCUT2D eigenvalue weighted by molar-refractivity contribution is 5.98. The first kappa shape index (κ1) is 25.4. The van der Waals surface area contributed by atoms with Gasteiger partial charge in [0.05, 0.1) is 11.6 Å². The van der Waals surface area contributed by atoms with Crippen LogP contribution in [0.15, 0.2) is 42.5 Å². The highest BCUT2D eigenvalue weighted by atomic mass is 19.2. The number of nitrogens with zero attached hydrogens (tertiary/aromatic N) is 3. The summed E-state index contributed by atoms with van der Waals surface area (Å²) < 4.78 is 31.7. The molecule has 0 saturated carbocycles. The fraction of sp³-hybridized carbons (Fsp3) is 0.400. The lowest BCUT2D eigenvalue weighted by molar-refractivity contribution is 0.1000. The largest absolute Gasteiger partial charge is 0.447 e. The Morgan fingerprint density at radius 2 is 1.81 bits per heavy atom. The van der Waals surface area contributed by atoms with Crippen molar-refractivity contribution in [1.82, 2.24) is 15.1 Å². The maximum atomic E-state index is 13.5. The molecule has 4 amide bonds. The zero-order chi connectivity index (χ0) is 25.7. The van der Waals surface area contributed by atoms with Crippen molar-refractivity contribution in [1.29, 1.82) is 0 Å². The van der Waals surface area contributed by atoms with Crippen LogP contribution in [-0.2, 0) is 11.2 Å². The molecule has 0 aliphatic carbocycles. The predicted octanol–water partition coefficient (Wildman–Crippen LogP) is 2.35. The number of cyclic esters (lactones) is 1. The van der Waals surface area contributed by atoms with E-state index in [2.05, 4.69) is 15.1 Å². The van der Waals surface area contributed by atoms with Gasteiger partial charge >= 0.3 is 12.1 Å². The van der Waals surface area contributed by atoms with Gasteiger partial charge in [0.25, 0.3) is 5.91 Å². The molecule has 2 aliphatic heterocycles. The molecule has 2 fully saturated rings. The van der Waals surface area contributed by atoms with E-state index in [9.17, 15) is 23.2 Å². The third kappa shape index (κ3) is 5.91. The van der Waals surface area contributed by atoms with Gasteiger partial charge < -0.3 is 20.7 Å². The second kappa shape index (κ2) is 11.3. The first-order chi connectivity index (χ1) is 17.3.